The van der Waals surface area contributed by atoms with Crippen molar-refractivity contribution >= 4 is 5.97 Å². The molecule has 16 heavy (non-hydrogen) atoms. The number of methoxy groups -OCH3 is 1. The summed E-state index contributed by atoms with van der Waals surface area (Å²) in [6.45, 7) is 1.77. The Kier molecular flexibility index (Phi) is 4.79. The molecule has 1 rings (SSSR count). The Morgan fingerprint density at radius 2 is 2.00 bits per heavy atom. The number of benzene rings is 1. The van der Waals surface area contributed by atoms with E-state index in [4.69, 9.17) is 15.2 Å². The third-order valence-corrected chi connectivity index (χ3v) is 2.18. The highest BCUT2D eigenvalue weighted by atomic mass is 16.5. The van der Waals surface area contributed by atoms with E-state index in [1.165, 1.54) is 0 Å². The second-order valence-corrected chi connectivity index (χ2v) is 3.56. The van der Waals surface area contributed by atoms with Gasteiger partial charge in [0.05, 0.1) is 13.7 Å². The predicted molar refractivity (Wildman–Crippen MR) is 61.3 cm³/mol. The molecule has 0 radical (unpaired) electrons. The van der Waals surface area contributed by atoms with E-state index >= 15 is 0 Å². The maximum Gasteiger partial charge on any atom is 0.319 e. The summed E-state index contributed by atoms with van der Waals surface area (Å²) in [4.78, 5) is 10.9. The lowest BCUT2D eigenvalue weighted by molar-refractivity contribution is -0.146. The van der Waals surface area contributed by atoms with Crippen LogP contribution in [0.1, 0.15) is 12.5 Å². The summed E-state index contributed by atoms with van der Waals surface area (Å²) in [6.07, 6.45) is 0.514. The molecule has 2 N–H and O–H groups in total. The van der Waals surface area contributed by atoms with Gasteiger partial charge in [0.2, 0.25) is 0 Å². The number of hydrogen-bond acceptors (Lipinski definition) is 4. The molecule has 0 heterocycles. The quantitative estimate of drug-likeness (QED) is 0.760. The second-order valence-electron chi connectivity index (χ2n) is 3.56. The molecule has 0 aliphatic heterocycles. The number of ether oxygens (including phenoxy) is 2. The zero-order valence-electron chi connectivity index (χ0n) is 9.60. The minimum Gasteiger partial charge on any atom is -0.497 e. The van der Waals surface area contributed by atoms with E-state index in [0.29, 0.717) is 6.42 Å². The van der Waals surface area contributed by atoms with Crippen molar-refractivity contribution in [1.82, 2.24) is 0 Å². The highest BCUT2D eigenvalue weighted by Gasteiger charge is 2.08. The van der Waals surface area contributed by atoms with Crippen molar-refractivity contribution in [3.63, 3.8) is 0 Å². The van der Waals surface area contributed by atoms with E-state index in [1.807, 2.05) is 31.2 Å². The Balaban J connectivity index is 2.49. The van der Waals surface area contributed by atoms with Gasteiger partial charge in [0, 0.05) is 6.42 Å². The van der Waals surface area contributed by atoms with Crippen LogP contribution in [-0.2, 0) is 16.0 Å². The molecule has 4 nitrogen and oxygen atoms in total. The van der Waals surface area contributed by atoms with E-state index in [1.54, 1.807) is 7.11 Å². The molecular formula is C12H17NO3. The van der Waals surface area contributed by atoms with Crippen molar-refractivity contribution in [2.45, 2.75) is 19.4 Å². The molecule has 0 bridgehead atoms. The van der Waals surface area contributed by atoms with Gasteiger partial charge < -0.3 is 15.2 Å². The van der Waals surface area contributed by atoms with Crippen LogP contribution in [-0.4, -0.2) is 25.7 Å². The average Bonchev–Trinajstić information content (AvgIpc) is 2.29. The predicted octanol–water partition coefficient (Wildman–Crippen LogP) is 1.13. The topological polar surface area (TPSA) is 61.5 Å². The van der Waals surface area contributed by atoms with E-state index in [0.717, 1.165) is 11.3 Å². The monoisotopic (exact) mass is 223 g/mol. The standard InChI is InChI=1S/C12H17NO3/c1-9(16-12(14)8-13)7-10-3-5-11(15-2)6-4-10/h3-6,9H,7-8,13H2,1-2H3. The first-order chi connectivity index (χ1) is 7.65. The molecule has 0 aliphatic carbocycles. The molecule has 1 atom stereocenters. The van der Waals surface area contributed by atoms with Crippen LogP contribution in [0.25, 0.3) is 0 Å². The second kappa shape index (κ2) is 6.12. The molecule has 4 heteroatoms. The average molecular weight is 223 g/mol. The third kappa shape index (κ3) is 3.90. The van der Waals surface area contributed by atoms with Gasteiger partial charge in [0.25, 0.3) is 0 Å². The lowest BCUT2D eigenvalue weighted by atomic mass is 10.1. The lowest BCUT2D eigenvalue weighted by Gasteiger charge is -2.12. The van der Waals surface area contributed by atoms with Crippen LogP contribution in [0, 0.1) is 0 Å². The number of esters is 1. The number of rotatable bonds is 5. The van der Waals surface area contributed by atoms with Crippen LogP contribution in [0.5, 0.6) is 5.75 Å². The van der Waals surface area contributed by atoms with Crippen LogP contribution in [0.2, 0.25) is 0 Å². The molecule has 0 saturated carbocycles. The zero-order valence-corrected chi connectivity index (χ0v) is 9.60. The number of carbonyl (C=O) groups is 1. The Morgan fingerprint density at radius 1 is 1.38 bits per heavy atom. The number of nitrogens with two attached hydrogens (primary N) is 1. The highest BCUT2D eigenvalue weighted by Crippen LogP contribution is 2.13. The lowest BCUT2D eigenvalue weighted by Crippen LogP contribution is -2.23. The summed E-state index contributed by atoms with van der Waals surface area (Å²) in [5.41, 5.74) is 6.26. The van der Waals surface area contributed by atoms with Crippen molar-refractivity contribution < 1.29 is 14.3 Å². The molecule has 0 fully saturated rings. The maximum absolute atomic E-state index is 10.9. The Labute approximate surface area is 95.3 Å². The summed E-state index contributed by atoms with van der Waals surface area (Å²) in [5, 5.41) is 0. The van der Waals surface area contributed by atoms with Crippen LogP contribution in [0.3, 0.4) is 0 Å². The fraction of sp³-hybridized carbons (Fsp3) is 0.417. The van der Waals surface area contributed by atoms with Crippen molar-refractivity contribution in [2.24, 2.45) is 5.73 Å². The van der Waals surface area contributed by atoms with Gasteiger partial charge in [-0.25, -0.2) is 0 Å². The first-order valence-electron chi connectivity index (χ1n) is 5.18. The van der Waals surface area contributed by atoms with Gasteiger partial charge in [-0.2, -0.15) is 0 Å². The molecule has 1 unspecified atom stereocenters. The molecule has 1 aromatic carbocycles. The maximum atomic E-state index is 10.9. The zero-order chi connectivity index (χ0) is 12.0. The Bertz CT molecular complexity index is 335. The van der Waals surface area contributed by atoms with Gasteiger partial charge in [-0.1, -0.05) is 12.1 Å². The fourth-order valence-corrected chi connectivity index (χ4v) is 1.41. The molecule has 0 aromatic heterocycles. The molecule has 0 amide bonds. The van der Waals surface area contributed by atoms with Gasteiger partial charge in [0.1, 0.15) is 11.9 Å². The smallest absolute Gasteiger partial charge is 0.319 e. The molecule has 88 valence electrons. The summed E-state index contributed by atoms with van der Waals surface area (Å²) in [6, 6.07) is 7.66. The summed E-state index contributed by atoms with van der Waals surface area (Å²) in [7, 11) is 1.63. The molecular weight excluding hydrogens is 206 g/mol. The highest BCUT2D eigenvalue weighted by molar-refractivity contribution is 5.71. The first-order valence-corrected chi connectivity index (χ1v) is 5.18. The van der Waals surface area contributed by atoms with Crippen LogP contribution >= 0.6 is 0 Å². The van der Waals surface area contributed by atoms with E-state index in [2.05, 4.69) is 0 Å². The Hall–Kier alpha value is -1.55. The summed E-state index contributed by atoms with van der Waals surface area (Å²) < 4.78 is 10.1. The first kappa shape index (κ1) is 12.5. The van der Waals surface area contributed by atoms with Crippen LogP contribution in [0.4, 0.5) is 0 Å². The van der Waals surface area contributed by atoms with Crippen molar-refractivity contribution in [3.8, 4) is 5.75 Å². The van der Waals surface area contributed by atoms with Gasteiger partial charge in [-0.15, -0.1) is 0 Å². The van der Waals surface area contributed by atoms with E-state index in [9.17, 15) is 4.79 Å². The van der Waals surface area contributed by atoms with Crippen molar-refractivity contribution in [1.29, 1.82) is 0 Å². The van der Waals surface area contributed by atoms with Gasteiger partial charge in [-0.05, 0) is 24.6 Å². The molecule has 0 aliphatic rings. The number of carbonyl (C=O) groups excluding carboxylic acids is 1. The molecule has 0 saturated heterocycles. The van der Waals surface area contributed by atoms with Crippen LogP contribution in [0.15, 0.2) is 24.3 Å². The number of hydrogen-bond donors (Lipinski definition) is 1. The van der Waals surface area contributed by atoms with Gasteiger partial charge in [0.15, 0.2) is 0 Å². The molecule has 0 spiro atoms. The summed E-state index contributed by atoms with van der Waals surface area (Å²) >= 11 is 0. The Morgan fingerprint density at radius 3 is 2.50 bits per heavy atom. The third-order valence-electron chi connectivity index (χ3n) is 2.18. The largest absolute Gasteiger partial charge is 0.497 e. The van der Waals surface area contributed by atoms with Crippen LogP contribution < -0.4 is 10.5 Å². The van der Waals surface area contributed by atoms with E-state index in [-0.39, 0.29) is 18.6 Å². The minimum absolute atomic E-state index is 0.0764. The summed E-state index contributed by atoms with van der Waals surface area (Å²) in [5.74, 6) is 0.441. The van der Waals surface area contributed by atoms with Gasteiger partial charge in [-0.3, -0.25) is 4.79 Å². The van der Waals surface area contributed by atoms with E-state index < -0.39 is 0 Å². The fourth-order valence-electron chi connectivity index (χ4n) is 1.41. The van der Waals surface area contributed by atoms with Crippen molar-refractivity contribution in [3.05, 3.63) is 29.8 Å². The van der Waals surface area contributed by atoms with Crippen molar-refractivity contribution in [2.75, 3.05) is 13.7 Å². The SMILES string of the molecule is COc1ccc(CC(C)OC(=O)CN)cc1. The molecule has 1 aromatic rings. The van der Waals surface area contributed by atoms with Gasteiger partial charge >= 0.3 is 5.97 Å². The minimum atomic E-state index is -0.374. The normalized spacial score (nSPS) is 11.9.